The Kier molecular flexibility index (Phi) is 5.15. The van der Waals surface area contributed by atoms with Crippen molar-refractivity contribution in [2.45, 2.75) is 19.9 Å². The molecule has 3 N–H and O–H groups in total. The number of carbonyl (C=O) groups is 1. The van der Waals surface area contributed by atoms with Gasteiger partial charge in [0.15, 0.2) is 6.61 Å². The molecule has 0 aliphatic heterocycles. The van der Waals surface area contributed by atoms with Gasteiger partial charge in [0.25, 0.3) is 5.91 Å². The van der Waals surface area contributed by atoms with Gasteiger partial charge >= 0.3 is 0 Å². The average molecular weight is 247 g/mol. The molecule has 1 atom stereocenters. The number of hydrogen-bond donors (Lipinski definition) is 2. The fourth-order valence-corrected chi connectivity index (χ4v) is 1.48. The summed E-state index contributed by atoms with van der Waals surface area (Å²) in [5.41, 5.74) is 7.72. The van der Waals surface area contributed by atoms with Crippen molar-refractivity contribution in [2.24, 2.45) is 5.73 Å². The van der Waals surface area contributed by atoms with Crippen LogP contribution < -0.4 is 15.8 Å². The number of benzene rings is 1. The van der Waals surface area contributed by atoms with Crippen LogP contribution in [0.1, 0.15) is 24.1 Å². The summed E-state index contributed by atoms with van der Waals surface area (Å²) in [6.07, 6.45) is 0. The Hall–Kier alpha value is -2.06. The molecule has 1 rings (SSSR count). The highest BCUT2D eigenvalue weighted by molar-refractivity contribution is 5.77. The number of rotatable bonds is 5. The molecule has 0 aromatic heterocycles. The van der Waals surface area contributed by atoms with Crippen LogP contribution in [0.3, 0.4) is 0 Å². The van der Waals surface area contributed by atoms with Gasteiger partial charge in [0, 0.05) is 11.6 Å². The maximum atomic E-state index is 11.3. The first-order valence-electron chi connectivity index (χ1n) is 5.67. The molecule has 1 aromatic rings. The SMILES string of the molecule is Cc1ccc(C(C)N)c(OCC(=O)NCC#N)c1. The molecule has 1 unspecified atom stereocenters. The largest absolute Gasteiger partial charge is 0.483 e. The lowest BCUT2D eigenvalue weighted by Gasteiger charge is -2.14. The topological polar surface area (TPSA) is 88.1 Å². The highest BCUT2D eigenvalue weighted by atomic mass is 16.5. The minimum atomic E-state index is -0.325. The van der Waals surface area contributed by atoms with E-state index in [1.54, 1.807) is 0 Å². The second-order valence-electron chi connectivity index (χ2n) is 4.05. The van der Waals surface area contributed by atoms with E-state index in [-0.39, 0.29) is 25.1 Å². The van der Waals surface area contributed by atoms with E-state index in [0.29, 0.717) is 5.75 Å². The minimum Gasteiger partial charge on any atom is -0.483 e. The highest BCUT2D eigenvalue weighted by Crippen LogP contribution is 2.24. The van der Waals surface area contributed by atoms with Crippen molar-refractivity contribution >= 4 is 5.91 Å². The van der Waals surface area contributed by atoms with Crippen LogP contribution >= 0.6 is 0 Å². The van der Waals surface area contributed by atoms with Crippen LogP contribution in [-0.4, -0.2) is 19.1 Å². The van der Waals surface area contributed by atoms with E-state index in [2.05, 4.69) is 5.32 Å². The molecule has 0 saturated heterocycles. The lowest BCUT2D eigenvalue weighted by atomic mass is 10.1. The van der Waals surface area contributed by atoms with Crippen LogP contribution in [0, 0.1) is 18.3 Å². The van der Waals surface area contributed by atoms with Gasteiger partial charge in [-0.2, -0.15) is 5.26 Å². The number of aryl methyl sites for hydroxylation is 1. The van der Waals surface area contributed by atoms with Gasteiger partial charge in [0.1, 0.15) is 12.3 Å². The smallest absolute Gasteiger partial charge is 0.258 e. The monoisotopic (exact) mass is 247 g/mol. The number of carbonyl (C=O) groups excluding carboxylic acids is 1. The van der Waals surface area contributed by atoms with Crippen molar-refractivity contribution in [3.8, 4) is 11.8 Å². The number of ether oxygens (including phenoxy) is 1. The predicted molar refractivity (Wildman–Crippen MR) is 67.9 cm³/mol. The van der Waals surface area contributed by atoms with Gasteiger partial charge in [-0.25, -0.2) is 0 Å². The molecule has 0 aliphatic carbocycles. The molecule has 1 amide bonds. The fraction of sp³-hybridized carbons (Fsp3) is 0.385. The van der Waals surface area contributed by atoms with Crippen molar-refractivity contribution in [3.63, 3.8) is 0 Å². The molecule has 0 aliphatic rings. The molecule has 1 aromatic carbocycles. The van der Waals surface area contributed by atoms with Gasteiger partial charge in [-0.1, -0.05) is 12.1 Å². The summed E-state index contributed by atoms with van der Waals surface area (Å²) in [6.45, 7) is 3.65. The van der Waals surface area contributed by atoms with E-state index in [1.807, 2.05) is 38.1 Å². The Morgan fingerprint density at radius 1 is 1.61 bits per heavy atom. The Morgan fingerprint density at radius 3 is 2.94 bits per heavy atom. The van der Waals surface area contributed by atoms with Gasteiger partial charge in [-0.05, 0) is 25.5 Å². The van der Waals surface area contributed by atoms with E-state index >= 15 is 0 Å². The third-order valence-corrected chi connectivity index (χ3v) is 2.38. The van der Waals surface area contributed by atoms with Crippen LogP contribution in [0.5, 0.6) is 5.75 Å². The molecule has 18 heavy (non-hydrogen) atoms. The van der Waals surface area contributed by atoms with Crippen molar-refractivity contribution in [2.75, 3.05) is 13.2 Å². The van der Waals surface area contributed by atoms with E-state index in [0.717, 1.165) is 11.1 Å². The number of nitrogens with two attached hydrogens (primary N) is 1. The zero-order chi connectivity index (χ0) is 13.5. The summed E-state index contributed by atoms with van der Waals surface area (Å²) in [4.78, 5) is 11.3. The molecule has 0 spiro atoms. The predicted octanol–water partition coefficient (Wildman–Crippen LogP) is 1.03. The summed E-state index contributed by atoms with van der Waals surface area (Å²) in [7, 11) is 0. The van der Waals surface area contributed by atoms with Crippen LogP contribution in [0.4, 0.5) is 0 Å². The third-order valence-electron chi connectivity index (χ3n) is 2.38. The molecule has 0 radical (unpaired) electrons. The van der Waals surface area contributed by atoms with Gasteiger partial charge in [0.2, 0.25) is 0 Å². The van der Waals surface area contributed by atoms with Gasteiger partial charge in [0.05, 0.1) is 6.07 Å². The third kappa shape index (κ3) is 4.07. The number of nitrogens with zero attached hydrogens (tertiary/aromatic N) is 1. The highest BCUT2D eigenvalue weighted by Gasteiger charge is 2.10. The average Bonchev–Trinajstić information content (AvgIpc) is 2.33. The first-order chi connectivity index (χ1) is 8.54. The summed E-state index contributed by atoms with van der Waals surface area (Å²) in [5, 5.41) is 10.7. The summed E-state index contributed by atoms with van der Waals surface area (Å²) < 4.78 is 5.44. The normalized spacial score (nSPS) is 11.4. The second-order valence-corrected chi connectivity index (χ2v) is 4.05. The number of amides is 1. The first-order valence-corrected chi connectivity index (χ1v) is 5.67. The van der Waals surface area contributed by atoms with Crippen molar-refractivity contribution in [1.82, 2.24) is 5.32 Å². The van der Waals surface area contributed by atoms with Crippen molar-refractivity contribution in [1.29, 1.82) is 5.26 Å². The Labute approximate surface area is 107 Å². The summed E-state index contributed by atoms with van der Waals surface area (Å²) >= 11 is 0. The molecule has 96 valence electrons. The zero-order valence-corrected chi connectivity index (χ0v) is 10.6. The standard InChI is InChI=1S/C13H17N3O2/c1-9-3-4-11(10(2)15)12(7-9)18-8-13(17)16-6-5-14/h3-4,7,10H,6,8,15H2,1-2H3,(H,16,17). The lowest BCUT2D eigenvalue weighted by Crippen LogP contribution is -2.29. The Balaban J connectivity index is 2.69. The van der Waals surface area contributed by atoms with E-state index in [4.69, 9.17) is 15.7 Å². The molecule has 0 fully saturated rings. The van der Waals surface area contributed by atoms with Gasteiger partial charge in [-0.3, -0.25) is 4.79 Å². The van der Waals surface area contributed by atoms with Crippen LogP contribution in [0.15, 0.2) is 18.2 Å². The van der Waals surface area contributed by atoms with Crippen molar-refractivity contribution in [3.05, 3.63) is 29.3 Å². The van der Waals surface area contributed by atoms with E-state index in [9.17, 15) is 4.79 Å². The van der Waals surface area contributed by atoms with Crippen LogP contribution in [0.25, 0.3) is 0 Å². The van der Waals surface area contributed by atoms with Crippen LogP contribution in [-0.2, 0) is 4.79 Å². The second kappa shape index (κ2) is 6.62. The molecular formula is C13H17N3O2. The number of hydrogen-bond acceptors (Lipinski definition) is 4. The molecule has 5 heteroatoms. The van der Waals surface area contributed by atoms with Gasteiger partial charge < -0.3 is 15.8 Å². The first kappa shape index (κ1) is 14.0. The zero-order valence-electron chi connectivity index (χ0n) is 10.6. The van der Waals surface area contributed by atoms with Gasteiger partial charge in [-0.15, -0.1) is 0 Å². The fourth-order valence-electron chi connectivity index (χ4n) is 1.48. The summed E-state index contributed by atoms with van der Waals surface area (Å²) in [6, 6.07) is 7.34. The number of nitrogens with one attached hydrogen (secondary N) is 1. The molecule has 5 nitrogen and oxygen atoms in total. The quantitative estimate of drug-likeness (QED) is 0.761. The lowest BCUT2D eigenvalue weighted by molar-refractivity contribution is -0.122. The number of nitriles is 1. The molecule has 0 bridgehead atoms. The maximum Gasteiger partial charge on any atom is 0.258 e. The van der Waals surface area contributed by atoms with E-state index in [1.165, 1.54) is 0 Å². The van der Waals surface area contributed by atoms with Crippen LogP contribution in [0.2, 0.25) is 0 Å². The van der Waals surface area contributed by atoms with Crippen molar-refractivity contribution < 1.29 is 9.53 Å². The molecule has 0 saturated carbocycles. The molecular weight excluding hydrogens is 230 g/mol. The van der Waals surface area contributed by atoms with E-state index < -0.39 is 0 Å². The Bertz CT molecular complexity index is 464. The molecule has 0 heterocycles. The summed E-state index contributed by atoms with van der Waals surface area (Å²) in [5.74, 6) is 0.283. The maximum absolute atomic E-state index is 11.3. The minimum absolute atomic E-state index is 0.0177. The Morgan fingerprint density at radius 2 is 2.33 bits per heavy atom.